The third-order valence-electron chi connectivity index (χ3n) is 10.5. The van der Waals surface area contributed by atoms with Gasteiger partial charge in [-0.2, -0.15) is 0 Å². The minimum absolute atomic E-state index is 0.695. The number of hydrogen-bond donors (Lipinski definition) is 0. The van der Waals surface area contributed by atoms with Gasteiger partial charge in [0.05, 0.1) is 27.6 Å². The standard InChI is InChI=1S/C48H30N4/c1-2-13-31(14-3-1)33-16-12-17-34(29-33)47-49-46-36-18-5-4-15-32(36)25-27-41(46)48(50-47)52-44-24-11-8-21-39(44)40-28-26-35(30-45(40)52)51-42-22-9-6-19-37(42)38-20-7-10-23-43(38)51/h1-30H. The van der Waals surface area contributed by atoms with Crippen LogP contribution in [0.3, 0.4) is 0 Å². The van der Waals surface area contributed by atoms with E-state index in [1.165, 1.54) is 32.6 Å². The van der Waals surface area contributed by atoms with Crippen molar-refractivity contribution in [2.45, 2.75) is 0 Å². The van der Waals surface area contributed by atoms with E-state index < -0.39 is 0 Å². The Morgan fingerprint density at radius 3 is 1.62 bits per heavy atom. The third-order valence-corrected chi connectivity index (χ3v) is 10.5. The van der Waals surface area contributed by atoms with Gasteiger partial charge in [0.1, 0.15) is 5.82 Å². The van der Waals surface area contributed by atoms with E-state index >= 15 is 0 Å². The molecule has 0 aliphatic carbocycles. The second-order valence-electron chi connectivity index (χ2n) is 13.4. The molecular weight excluding hydrogens is 633 g/mol. The first-order chi connectivity index (χ1) is 25.8. The fourth-order valence-electron chi connectivity index (χ4n) is 8.14. The van der Waals surface area contributed by atoms with Crippen LogP contribution in [0.1, 0.15) is 0 Å². The average molecular weight is 663 g/mol. The van der Waals surface area contributed by atoms with Gasteiger partial charge < -0.3 is 4.57 Å². The van der Waals surface area contributed by atoms with E-state index in [2.05, 4.69) is 191 Å². The molecule has 0 unspecified atom stereocenters. The highest BCUT2D eigenvalue weighted by Crippen LogP contribution is 2.39. The number of hydrogen-bond acceptors (Lipinski definition) is 2. The van der Waals surface area contributed by atoms with Crippen molar-refractivity contribution in [3.8, 4) is 34.0 Å². The Labute approximate surface area is 299 Å². The van der Waals surface area contributed by atoms with Crippen LogP contribution in [0.25, 0.3) is 99.3 Å². The predicted molar refractivity (Wildman–Crippen MR) is 217 cm³/mol. The van der Waals surface area contributed by atoms with Gasteiger partial charge in [-0.3, -0.25) is 4.57 Å². The van der Waals surface area contributed by atoms with Crippen LogP contribution in [-0.4, -0.2) is 19.1 Å². The molecular formula is C48H30N4. The normalized spacial score (nSPS) is 11.8. The summed E-state index contributed by atoms with van der Waals surface area (Å²) < 4.78 is 4.74. The fourth-order valence-corrected chi connectivity index (χ4v) is 8.14. The quantitative estimate of drug-likeness (QED) is 0.176. The van der Waals surface area contributed by atoms with E-state index in [1.807, 2.05) is 0 Å². The summed E-state index contributed by atoms with van der Waals surface area (Å²) in [6, 6.07) is 64.9. The highest BCUT2D eigenvalue weighted by Gasteiger charge is 2.20. The van der Waals surface area contributed by atoms with Gasteiger partial charge in [-0.25, -0.2) is 9.97 Å². The van der Waals surface area contributed by atoms with Gasteiger partial charge >= 0.3 is 0 Å². The Balaban J connectivity index is 1.24. The van der Waals surface area contributed by atoms with E-state index in [1.54, 1.807) is 0 Å². The van der Waals surface area contributed by atoms with Crippen molar-refractivity contribution in [3.05, 3.63) is 182 Å². The number of para-hydroxylation sites is 3. The molecule has 0 bridgehead atoms. The molecule has 8 aromatic carbocycles. The first kappa shape index (κ1) is 28.8. The monoisotopic (exact) mass is 662 g/mol. The zero-order chi connectivity index (χ0) is 34.2. The Morgan fingerprint density at radius 2 is 0.885 bits per heavy atom. The molecule has 3 heterocycles. The molecule has 4 nitrogen and oxygen atoms in total. The van der Waals surface area contributed by atoms with Gasteiger partial charge in [-0.15, -0.1) is 0 Å². The highest BCUT2D eigenvalue weighted by atomic mass is 15.1. The van der Waals surface area contributed by atoms with Crippen molar-refractivity contribution in [3.63, 3.8) is 0 Å². The number of aromatic nitrogens is 4. The Morgan fingerprint density at radius 1 is 0.327 bits per heavy atom. The third kappa shape index (κ3) is 4.28. The van der Waals surface area contributed by atoms with Gasteiger partial charge in [0.25, 0.3) is 0 Å². The zero-order valence-electron chi connectivity index (χ0n) is 28.1. The minimum Gasteiger partial charge on any atom is -0.309 e. The lowest BCUT2D eigenvalue weighted by Gasteiger charge is -2.15. The first-order valence-electron chi connectivity index (χ1n) is 17.7. The summed E-state index contributed by atoms with van der Waals surface area (Å²) in [5.74, 6) is 1.56. The summed E-state index contributed by atoms with van der Waals surface area (Å²) in [4.78, 5) is 10.8. The molecule has 3 aromatic heterocycles. The molecule has 0 N–H and O–H groups in total. The lowest BCUT2D eigenvalue weighted by atomic mass is 10.0. The molecule has 11 rings (SSSR count). The number of fused-ring (bicyclic) bond motifs is 9. The molecule has 0 fully saturated rings. The van der Waals surface area contributed by atoms with Crippen LogP contribution >= 0.6 is 0 Å². The first-order valence-corrected chi connectivity index (χ1v) is 17.7. The van der Waals surface area contributed by atoms with Crippen LogP contribution in [0.15, 0.2) is 182 Å². The predicted octanol–water partition coefficient (Wildman–Crippen LogP) is 12.3. The van der Waals surface area contributed by atoms with Crippen molar-refractivity contribution in [2.75, 3.05) is 0 Å². The van der Waals surface area contributed by atoms with Crippen LogP contribution < -0.4 is 0 Å². The molecule has 0 aliphatic heterocycles. The summed E-state index contributed by atoms with van der Waals surface area (Å²) in [7, 11) is 0. The molecule has 52 heavy (non-hydrogen) atoms. The minimum atomic E-state index is 0.695. The molecule has 0 aliphatic rings. The number of nitrogens with zero attached hydrogens (tertiary/aromatic N) is 4. The number of rotatable bonds is 4. The molecule has 242 valence electrons. The Bertz CT molecular complexity index is 3130. The van der Waals surface area contributed by atoms with Crippen LogP contribution in [0.5, 0.6) is 0 Å². The zero-order valence-corrected chi connectivity index (χ0v) is 28.1. The second-order valence-corrected chi connectivity index (χ2v) is 13.4. The molecule has 0 saturated carbocycles. The van der Waals surface area contributed by atoms with Crippen LogP contribution in [0, 0.1) is 0 Å². The van der Waals surface area contributed by atoms with Crippen molar-refractivity contribution in [2.24, 2.45) is 0 Å². The molecule has 0 spiro atoms. The van der Waals surface area contributed by atoms with Crippen LogP contribution in [0.2, 0.25) is 0 Å². The van der Waals surface area contributed by atoms with Gasteiger partial charge in [0.15, 0.2) is 5.82 Å². The Kier molecular flexibility index (Phi) is 6.22. The molecule has 11 aromatic rings. The van der Waals surface area contributed by atoms with Crippen molar-refractivity contribution in [1.82, 2.24) is 19.1 Å². The lowest BCUT2D eigenvalue weighted by molar-refractivity contribution is 1.07. The van der Waals surface area contributed by atoms with Crippen molar-refractivity contribution >= 4 is 65.3 Å². The van der Waals surface area contributed by atoms with Crippen molar-refractivity contribution < 1.29 is 0 Å². The summed E-state index contributed by atoms with van der Waals surface area (Å²) in [5, 5.41) is 8.12. The maximum Gasteiger partial charge on any atom is 0.162 e. The maximum absolute atomic E-state index is 5.49. The summed E-state index contributed by atoms with van der Waals surface area (Å²) in [6.45, 7) is 0. The van der Waals surface area contributed by atoms with Crippen LogP contribution in [0.4, 0.5) is 0 Å². The molecule has 0 radical (unpaired) electrons. The van der Waals surface area contributed by atoms with E-state index in [0.29, 0.717) is 5.82 Å². The fraction of sp³-hybridized carbons (Fsp3) is 0. The highest BCUT2D eigenvalue weighted by molar-refractivity contribution is 6.14. The van der Waals surface area contributed by atoms with E-state index in [9.17, 15) is 0 Å². The summed E-state index contributed by atoms with van der Waals surface area (Å²) in [5.41, 5.74) is 9.89. The smallest absolute Gasteiger partial charge is 0.162 e. The molecule has 0 amide bonds. The topological polar surface area (TPSA) is 35.6 Å². The SMILES string of the molecule is c1ccc(-c2cccc(-c3nc(-n4c5ccccc5c5ccc(-n6c7ccccc7c7ccccc76)cc54)c4ccc5ccccc5c4n3)c2)cc1. The van der Waals surface area contributed by atoms with Gasteiger partial charge in [0.2, 0.25) is 0 Å². The number of benzene rings is 8. The van der Waals surface area contributed by atoms with Gasteiger partial charge in [-0.1, -0.05) is 140 Å². The van der Waals surface area contributed by atoms with E-state index in [4.69, 9.17) is 9.97 Å². The molecule has 4 heteroatoms. The van der Waals surface area contributed by atoms with E-state index in [-0.39, 0.29) is 0 Å². The maximum atomic E-state index is 5.49. The van der Waals surface area contributed by atoms with Crippen molar-refractivity contribution in [1.29, 1.82) is 0 Å². The average Bonchev–Trinajstić information content (AvgIpc) is 3.73. The summed E-state index contributed by atoms with van der Waals surface area (Å²) in [6.07, 6.45) is 0. The molecule has 0 atom stereocenters. The molecule has 0 saturated heterocycles. The summed E-state index contributed by atoms with van der Waals surface area (Å²) >= 11 is 0. The Hall–Kier alpha value is -7.04. The van der Waals surface area contributed by atoms with Gasteiger partial charge in [-0.05, 0) is 59.0 Å². The van der Waals surface area contributed by atoms with Gasteiger partial charge in [0, 0.05) is 43.6 Å². The lowest BCUT2D eigenvalue weighted by Crippen LogP contribution is -2.03. The van der Waals surface area contributed by atoms with E-state index in [0.717, 1.165) is 60.9 Å². The largest absolute Gasteiger partial charge is 0.309 e. The van der Waals surface area contributed by atoms with Crippen LogP contribution in [-0.2, 0) is 0 Å². The second kappa shape index (κ2) is 11.2.